The minimum absolute atomic E-state index is 0.0238. The number of benzene rings is 3. The number of fused-ring (bicyclic) bond motifs is 5. The van der Waals surface area contributed by atoms with Gasteiger partial charge in [0, 0.05) is 29.6 Å². The molecule has 7 heteroatoms. The highest BCUT2D eigenvalue weighted by Gasteiger charge is 2.83. The Hall–Kier alpha value is -3.49. The number of aliphatic hydroxyl groups is 2. The second kappa shape index (κ2) is 13.4. The molecule has 0 aliphatic heterocycles. The van der Waals surface area contributed by atoms with E-state index < -0.39 is 39.7 Å². The molecule has 0 amide bonds. The number of thioether (sulfide) groups is 1. The molecule has 2 saturated carbocycles. The van der Waals surface area contributed by atoms with Crippen molar-refractivity contribution in [1.29, 1.82) is 0 Å². The fraction of sp³-hybridized carbons (Fsp3) is 0.467. The second-order valence-corrected chi connectivity index (χ2v) is 17.3. The Kier molecular flexibility index (Phi) is 9.51. The molecule has 0 radical (unpaired) electrons. The lowest BCUT2D eigenvalue weighted by molar-refractivity contribution is -0.188. The summed E-state index contributed by atoms with van der Waals surface area (Å²) in [6.45, 7) is 9.99. The topological polar surface area (TPSA) is 93.1 Å². The first-order valence-electron chi connectivity index (χ1n) is 18.7. The molecule has 0 saturated heterocycles. The van der Waals surface area contributed by atoms with Crippen LogP contribution in [0.5, 0.6) is 0 Å². The number of hydrogen-bond acceptors (Lipinski definition) is 7. The lowest BCUT2D eigenvalue weighted by atomic mass is 9.60. The SMILES string of the molecule is CSCC[C@H](C)C(=O)O[C@@]12C[C@@H](C)[C@@]3(O)[C@@H](C=C(COC(c4ccccc4)(c4ccccc4)c4ccccc4)C[C@]4(O)C(=O)C(C)=C[C@@H]34)[C@@H]1C2(C)C. The molecule has 52 heavy (non-hydrogen) atoms. The Bertz CT molecular complexity index is 1770. The Morgan fingerprint density at radius 3 is 1.98 bits per heavy atom. The number of carbonyl (C=O) groups is 2. The van der Waals surface area contributed by atoms with Crippen molar-refractivity contribution in [1.82, 2.24) is 0 Å². The third-order valence-corrected chi connectivity index (χ3v) is 13.8. The highest BCUT2D eigenvalue weighted by atomic mass is 32.2. The van der Waals surface area contributed by atoms with Gasteiger partial charge < -0.3 is 19.7 Å². The van der Waals surface area contributed by atoms with Gasteiger partial charge in [-0.05, 0) is 65.5 Å². The standard InChI is InChI=1S/C45H52O6S/c1-29(22-23-52-6)40(47)51-43-26-31(3)44(49)36(38(43)41(43,4)5)25-32(27-42(48)37(44)24-30(2)39(42)46)28-50-45(33-16-10-7-11-17-33,34-18-12-8-13-19-34)35-20-14-9-15-21-35/h7-21,24-25,29,31,36-38,48-49H,22-23,26-28H2,1-6H3/t29-,31+,36-,37+,38+,42+,43-,44+/m0/s1. The predicted octanol–water partition coefficient (Wildman–Crippen LogP) is 7.92. The van der Waals surface area contributed by atoms with Gasteiger partial charge in [0.05, 0.1) is 18.1 Å². The van der Waals surface area contributed by atoms with Crippen molar-refractivity contribution in [3.8, 4) is 0 Å². The summed E-state index contributed by atoms with van der Waals surface area (Å²) in [5.41, 5.74) is -1.51. The zero-order valence-electron chi connectivity index (χ0n) is 31.2. The number of carbonyl (C=O) groups excluding carboxylic acids is 2. The molecule has 274 valence electrons. The van der Waals surface area contributed by atoms with Gasteiger partial charge in [-0.3, -0.25) is 9.59 Å². The van der Waals surface area contributed by atoms with Gasteiger partial charge in [-0.25, -0.2) is 0 Å². The van der Waals surface area contributed by atoms with Crippen LogP contribution in [0.3, 0.4) is 0 Å². The maximum absolute atomic E-state index is 14.0. The maximum atomic E-state index is 14.0. The molecule has 4 aliphatic rings. The number of Topliss-reactive ketones (excluding diaryl/α,β-unsaturated/α-hetero) is 1. The molecule has 2 N–H and O–H groups in total. The zero-order valence-corrected chi connectivity index (χ0v) is 32.0. The van der Waals surface area contributed by atoms with E-state index in [-0.39, 0.29) is 42.5 Å². The number of ketones is 1. The molecule has 8 atom stereocenters. The van der Waals surface area contributed by atoms with E-state index in [1.807, 2.05) is 74.7 Å². The molecule has 0 aromatic heterocycles. The van der Waals surface area contributed by atoms with Gasteiger partial charge in [0.15, 0.2) is 5.78 Å². The van der Waals surface area contributed by atoms with Crippen molar-refractivity contribution in [3.05, 3.63) is 131 Å². The van der Waals surface area contributed by atoms with Gasteiger partial charge in [-0.2, -0.15) is 11.8 Å². The number of hydrogen-bond donors (Lipinski definition) is 2. The third kappa shape index (κ3) is 5.49. The van der Waals surface area contributed by atoms with E-state index in [4.69, 9.17) is 9.47 Å². The summed E-state index contributed by atoms with van der Waals surface area (Å²) in [4.78, 5) is 27.6. The molecule has 0 heterocycles. The lowest BCUT2D eigenvalue weighted by Crippen LogP contribution is -2.61. The molecule has 6 nitrogen and oxygen atoms in total. The lowest BCUT2D eigenvalue weighted by Gasteiger charge is -2.50. The van der Waals surface area contributed by atoms with Gasteiger partial charge in [0.1, 0.15) is 16.8 Å². The summed E-state index contributed by atoms with van der Waals surface area (Å²) in [5.74, 6) is -1.87. The number of esters is 1. The summed E-state index contributed by atoms with van der Waals surface area (Å²) < 4.78 is 13.8. The first-order valence-corrected chi connectivity index (χ1v) is 20.1. The van der Waals surface area contributed by atoms with E-state index in [1.54, 1.807) is 24.8 Å². The Balaban J connectivity index is 1.34. The zero-order chi connectivity index (χ0) is 37.1. The van der Waals surface area contributed by atoms with E-state index in [2.05, 4.69) is 56.3 Å². The van der Waals surface area contributed by atoms with Crippen LogP contribution in [-0.2, 0) is 24.7 Å². The average Bonchev–Trinajstić information content (AvgIpc) is 3.55. The van der Waals surface area contributed by atoms with E-state index in [0.29, 0.717) is 12.0 Å². The summed E-state index contributed by atoms with van der Waals surface area (Å²) in [6.07, 6.45) is 7.12. The van der Waals surface area contributed by atoms with Crippen LogP contribution in [0.1, 0.15) is 70.6 Å². The normalized spacial score (nSPS) is 32.3. The number of ether oxygens (including phenoxy) is 2. The molecular weight excluding hydrogens is 669 g/mol. The largest absolute Gasteiger partial charge is 0.458 e. The summed E-state index contributed by atoms with van der Waals surface area (Å²) in [6, 6.07) is 30.4. The monoisotopic (exact) mass is 720 g/mol. The van der Waals surface area contributed by atoms with Crippen molar-refractivity contribution < 1.29 is 29.3 Å². The van der Waals surface area contributed by atoms with Crippen molar-refractivity contribution in [2.75, 3.05) is 18.6 Å². The van der Waals surface area contributed by atoms with Gasteiger partial charge in [-0.1, -0.05) is 131 Å². The van der Waals surface area contributed by atoms with Gasteiger partial charge in [0.2, 0.25) is 0 Å². The van der Waals surface area contributed by atoms with Gasteiger partial charge in [0.25, 0.3) is 0 Å². The molecule has 0 unspecified atom stereocenters. The highest BCUT2D eigenvalue weighted by Crippen LogP contribution is 2.76. The molecular formula is C45H52O6S. The van der Waals surface area contributed by atoms with Crippen LogP contribution >= 0.6 is 11.8 Å². The molecule has 3 aromatic rings. The quantitative estimate of drug-likeness (QED) is 0.118. The van der Waals surface area contributed by atoms with Crippen LogP contribution < -0.4 is 0 Å². The van der Waals surface area contributed by atoms with Crippen molar-refractivity contribution in [2.24, 2.45) is 35.0 Å². The molecule has 3 aromatic carbocycles. The second-order valence-electron chi connectivity index (χ2n) is 16.4. The minimum Gasteiger partial charge on any atom is -0.458 e. The molecule has 4 aliphatic carbocycles. The Morgan fingerprint density at radius 1 is 0.923 bits per heavy atom. The third-order valence-electron chi connectivity index (χ3n) is 13.1. The van der Waals surface area contributed by atoms with Gasteiger partial charge >= 0.3 is 5.97 Å². The van der Waals surface area contributed by atoms with Crippen LogP contribution in [0.2, 0.25) is 0 Å². The van der Waals surface area contributed by atoms with Crippen LogP contribution in [0.15, 0.2) is 114 Å². The van der Waals surface area contributed by atoms with Crippen LogP contribution in [0.25, 0.3) is 0 Å². The molecule has 0 bridgehead atoms. The predicted molar refractivity (Wildman–Crippen MR) is 206 cm³/mol. The van der Waals surface area contributed by atoms with Gasteiger partial charge in [-0.15, -0.1) is 0 Å². The number of rotatable bonds is 11. The summed E-state index contributed by atoms with van der Waals surface area (Å²) in [7, 11) is 0. The van der Waals surface area contributed by atoms with E-state index >= 15 is 0 Å². The highest BCUT2D eigenvalue weighted by molar-refractivity contribution is 7.98. The fourth-order valence-electron chi connectivity index (χ4n) is 10.3. The molecule has 7 rings (SSSR count). The van der Waals surface area contributed by atoms with Crippen LogP contribution in [-0.4, -0.2) is 57.4 Å². The first kappa shape index (κ1) is 36.9. The summed E-state index contributed by atoms with van der Waals surface area (Å²) in [5, 5.41) is 25.7. The summed E-state index contributed by atoms with van der Waals surface area (Å²) >= 11 is 1.71. The average molecular weight is 721 g/mol. The van der Waals surface area contributed by atoms with Crippen molar-refractivity contribution in [2.45, 2.75) is 76.3 Å². The Morgan fingerprint density at radius 2 is 1.46 bits per heavy atom. The maximum Gasteiger partial charge on any atom is 0.309 e. The van der Waals surface area contributed by atoms with E-state index in [9.17, 15) is 19.8 Å². The molecule has 2 fully saturated rings. The minimum atomic E-state index is -1.84. The first-order chi connectivity index (χ1) is 24.8. The fourth-order valence-corrected chi connectivity index (χ4v) is 10.8. The van der Waals surface area contributed by atoms with Crippen LogP contribution in [0, 0.1) is 35.0 Å². The Labute approximate surface area is 312 Å². The van der Waals surface area contributed by atoms with Crippen LogP contribution in [0.4, 0.5) is 0 Å². The smallest absolute Gasteiger partial charge is 0.309 e. The molecule has 0 spiro atoms. The van der Waals surface area contributed by atoms with Crippen molar-refractivity contribution in [3.63, 3.8) is 0 Å². The van der Waals surface area contributed by atoms with Crippen molar-refractivity contribution >= 4 is 23.5 Å². The van der Waals surface area contributed by atoms with E-state index in [1.165, 1.54) is 0 Å². The van der Waals surface area contributed by atoms with E-state index in [0.717, 1.165) is 34.4 Å².